The van der Waals surface area contributed by atoms with Gasteiger partial charge in [0.2, 0.25) is 0 Å². The molecule has 1 saturated heterocycles. The third kappa shape index (κ3) is 6.17. The first-order chi connectivity index (χ1) is 21.6. The molecule has 2 aliphatic carbocycles. The molecule has 2 amide bonds. The van der Waals surface area contributed by atoms with Gasteiger partial charge in [-0.1, -0.05) is 67.8 Å². The summed E-state index contributed by atoms with van der Waals surface area (Å²) in [6.07, 6.45) is 6.26. The minimum atomic E-state index is -1.12. The number of fused-ring (bicyclic) bond motifs is 3. The summed E-state index contributed by atoms with van der Waals surface area (Å²) in [5.74, 6) is -1.03. The predicted molar refractivity (Wildman–Crippen MR) is 168 cm³/mol. The molecular formula is C36H42N2O7. The van der Waals surface area contributed by atoms with Gasteiger partial charge in [0.25, 0.3) is 0 Å². The maximum absolute atomic E-state index is 14.1. The number of benzene rings is 2. The van der Waals surface area contributed by atoms with Gasteiger partial charge in [-0.25, -0.2) is 14.4 Å². The van der Waals surface area contributed by atoms with E-state index in [1.54, 1.807) is 4.90 Å². The van der Waals surface area contributed by atoms with Crippen LogP contribution in [0.25, 0.3) is 11.1 Å². The van der Waals surface area contributed by atoms with Crippen molar-refractivity contribution in [1.82, 2.24) is 9.80 Å². The van der Waals surface area contributed by atoms with Crippen molar-refractivity contribution in [3.63, 3.8) is 0 Å². The summed E-state index contributed by atoms with van der Waals surface area (Å²) in [6, 6.07) is 17.5. The van der Waals surface area contributed by atoms with Crippen LogP contribution in [-0.2, 0) is 16.0 Å². The monoisotopic (exact) mass is 614 g/mol. The average molecular weight is 615 g/mol. The molecule has 1 spiro atoms. The fraction of sp³-hybridized carbons (Fsp3) is 0.472. The minimum Gasteiger partial charge on any atom is -0.478 e. The molecule has 1 unspecified atom stereocenters. The fourth-order valence-electron chi connectivity index (χ4n) is 7.55. The van der Waals surface area contributed by atoms with Crippen molar-refractivity contribution in [2.24, 2.45) is 0 Å². The predicted octanol–water partition coefficient (Wildman–Crippen LogP) is 7.83. The molecule has 2 fully saturated rings. The molecule has 3 aliphatic rings. The van der Waals surface area contributed by atoms with Gasteiger partial charge >= 0.3 is 18.2 Å². The fourth-order valence-corrected chi connectivity index (χ4v) is 7.55. The number of rotatable bonds is 6. The molecule has 2 aromatic carbocycles. The van der Waals surface area contributed by atoms with Gasteiger partial charge in [-0.05, 0) is 74.8 Å². The standard InChI is InChI=1S/C36H42N2O7/c1-35(2,3)45-34(42)38-19-15-24(21-36(38)17-9-4-10-18-36)37(22-31-29(32(39)40)16-20-43-31)33(41)44-23-30-27-13-7-5-11-25(27)26-12-6-8-14-28(26)30/h5-8,11-14,16,20,24,30H,4,9-10,15,17-19,21-23H2,1-3H3,(H,39,40). The second kappa shape index (κ2) is 12.3. The number of piperidine rings is 1. The Balaban J connectivity index is 1.27. The van der Waals surface area contributed by atoms with Crippen LogP contribution >= 0.6 is 0 Å². The van der Waals surface area contributed by atoms with Crippen LogP contribution < -0.4 is 0 Å². The van der Waals surface area contributed by atoms with Gasteiger partial charge in [0.05, 0.1) is 12.8 Å². The highest BCUT2D eigenvalue weighted by Crippen LogP contribution is 2.45. The molecule has 9 nitrogen and oxygen atoms in total. The quantitative estimate of drug-likeness (QED) is 0.301. The summed E-state index contributed by atoms with van der Waals surface area (Å²) in [5, 5.41) is 9.78. The molecule has 0 bridgehead atoms. The van der Waals surface area contributed by atoms with E-state index in [1.165, 1.54) is 12.3 Å². The lowest BCUT2D eigenvalue weighted by Crippen LogP contribution is -2.62. The third-order valence-corrected chi connectivity index (χ3v) is 9.57. The Hall–Kier alpha value is -4.27. The van der Waals surface area contributed by atoms with Crippen LogP contribution in [0.5, 0.6) is 0 Å². The number of carboxylic acids is 1. The van der Waals surface area contributed by atoms with E-state index in [9.17, 15) is 19.5 Å². The highest BCUT2D eigenvalue weighted by molar-refractivity contribution is 5.88. The molecule has 238 valence electrons. The largest absolute Gasteiger partial charge is 0.478 e. The lowest BCUT2D eigenvalue weighted by Gasteiger charge is -2.53. The second-order valence-corrected chi connectivity index (χ2v) is 13.6. The number of furan rings is 1. The zero-order valence-electron chi connectivity index (χ0n) is 26.3. The van der Waals surface area contributed by atoms with E-state index in [4.69, 9.17) is 13.9 Å². The van der Waals surface area contributed by atoms with E-state index < -0.39 is 23.2 Å². The molecule has 1 aliphatic heterocycles. The van der Waals surface area contributed by atoms with Crippen molar-refractivity contribution in [2.75, 3.05) is 13.2 Å². The summed E-state index contributed by atoms with van der Waals surface area (Å²) in [7, 11) is 0. The first kappa shape index (κ1) is 30.7. The Morgan fingerprint density at radius 1 is 0.978 bits per heavy atom. The van der Waals surface area contributed by atoms with Gasteiger partial charge in [0.15, 0.2) is 0 Å². The van der Waals surface area contributed by atoms with Gasteiger partial charge in [-0.3, -0.25) is 4.90 Å². The maximum Gasteiger partial charge on any atom is 0.410 e. The number of hydrogen-bond donors (Lipinski definition) is 1. The summed E-state index contributed by atoms with van der Waals surface area (Å²) in [5.41, 5.74) is 3.45. The second-order valence-electron chi connectivity index (χ2n) is 13.6. The van der Waals surface area contributed by atoms with E-state index in [0.717, 1.165) is 54.4 Å². The molecule has 1 aromatic heterocycles. The number of hydrogen-bond acceptors (Lipinski definition) is 6. The maximum atomic E-state index is 14.1. The summed E-state index contributed by atoms with van der Waals surface area (Å²) >= 11 is 0. The number of likely N-dealkylation sites (tertiary alicyclic amines) is 1. The van der Waals surface area contributed by atoms with Crippen LogP contribution in [0.4, 0.5) is 9.59 Å². The van der Waals surface area contributed by atoms with Crippen molar-refractivity contribution >= 4 is 18.2 Å². The number of ether oxygens (including phenoxy) is 2. The van der Waals surface area contributed by atoms with Crippen LogP contribution in [0.3, 0.4) is 0 Å². The molecule has 3 aromatic rings. The van der Waals surface area contributed by atoms with Crippen molar-refractivity contribution in [1.29, 1.82) is 0 Å². The molecule has 1 saturated carbocycles. The van der Waals surface area contributed by atoms with E-state index in [-0.39, 0.29) is 42.5 Å². The van der Waals surface area contributed by atoms with Crippen molar-refractivity contribution in [3.8, 4) is 11.1 Å². The molecule has 1 N–H and O–H groups in total. The topological polar surface area (TPSA) is 110 Å². The summed E-state index contributed by atoms with van der Waals surface area (Å²) in [6.45, 7) is 6.14. The average Bonchev–Trinajstić information content (AvgIpc) is 3.61. The molecule has 9 heteroatoms. The molecule has 2 heterocycles. The molecular weight excluding hydrogens is 572 g/mol. The van der Waals surface area contributed by atoms with Gasteiger partial charge in [0, 0.05) is 24.0 Å². The Kier molecular flexibility index (Phi) is 8.37. The zero-order valence-corrected chi connectivity index (χ0v) is 26.3. The normalized spacial score (nSPS) is 19.1. The first-order valence-electron chi connectivity index (χ1n) is 16.0. The van der Waals surface area contributed by atoms with Gasteiger partial charge in [-0.15, -0.1) is 0 Å². The lowest BCUT2D eigenvalue weighted by molar-refractivity contribution is -0.0465. The van der Waals surface area contributed by atoms with E-state index >= 15 is 0 Å². The summed E-state index contributed by atoms with van der Waals surface area (Å²) in [4.78, 5) is 43.0. The van der Waals surface area contributed by atoms with E-state index in [2.05, 4.69) is 24.3 Å². The van der Waals surface area contributed by atoms with Crippen molar-refractivity contribution in [2.45, 2.75) is 95.4 Å². The van der Waals surface area contributed by atoms with Crippen LogP contribution in [-0.4, -0.2) is 63.4 Å². The van der Waals surface area contributed by atoms with Crippen LogP contribution in [0.15, 0.2) is 65.3 Å². The number of carboxylic acid groups (broad SMARTS) is 1. The highest BCUT2D eigenvalue weighted by atomic mass is 16.6. The van der Waals surface area contributed by atoms with Crippen LogP contribution in [0, 0.1) is 0 Å². The number of nitrogens with zero attached hydrogens (tertiary/aromatic N) is 2. The Labute approximate surface area is 264 Å². The Bertz CT molecular complexity index is 1520. The Morgan fingerprint density at radius 3 is 2.24 bits per heavy atom. The summed E-state index contributed by atoms with van der Waals surface area (Å²) < 4.78 is 17.5. The highest BCUT2D eigenvalue weighted by Gasteiger charge is 2.49. The molecule has 45 heavy (non-hydrogen) atoms. The third-order valence-electron chi connectivity index (χ3n) is 9.57. The molecule has 0 radical (unpaired) electrons. The van der Waals surface area contributed by atoms with Crippen LogP contribution in [0.2, 0.25) is 0 Å². The minimum absolute atomic E-state index is 0.0185. The lowest BCUT2D eigenvalue weighted by atomic mass is 9.73. The Morgan fingerprint density at radius 2 is 1.62 bits per heavy atom. The number of amides is 2. The zero-order chi connectivity index (χ0) is 31.8. The van der Waals surface area contributed by atoms with Crippen molar-refractivity contribution < 1.29 is 33.4 Å². The SMILES string of the molecule is CC(C)(C)OC(=O)N1CCC(N(Cc2occc2C(=O)O)C(=O)OCC2c3ccccc3-c3ccccc32)CC12CCCCC2. The van der Waals surface area contributed by atoms with Gasteiger partial charge < -0.3 is 23.9 Å². The number of carbonyl (C=O) groups is 3. The van der Waals surface area contributed by atoms with E-state index in [1.807, 2.05) is 49.9 Å². The smallest absolute Gasteiger partial charge is 0.410 e. The number of aromatic carboxylic acids is 1. The van der Waals surface area contributed by atoms with Gasteiger partial charge in [0.1, 0.15) is 23.5 Å². The number of carbonyl (C=O) groups excluding carboxylic acids is 2. The van der Waals surface area contributed by atoms with Crippen molar-refractivity contribution in [3.05, 3.63) is 83.3 Å². The van der Waals surface area contributed by atoms with E-state index in [0.29, 0.717) is 19.4 Å². The molecule has 1 atom stereocenters. The molecule has 6 rings (SSSR count). The first-order valence-corrected chi connectivity index (χ1v) is 16.0. The van der Waals surface area contributed by atoms with Crippen LogP contribution in [0.1, 0.15) is 98.9 Å². The van der Waals surface area contributed by atoms with Gasteiger partial charge in [-0.2, -0.15) is 0 Å².